The molecule has 5 heteroatoms. The maximum Gasteiger partial charge on any atom is 0.354 e. The fourth-order valence-corrected chi connectivity index (χ4v) is 1.74. The third-order valence-electron chi connectivity index (χ3n) is 2.37. The Morgan fingerprint density at radius 1 is 1.33 bits per heavy atom. The number of rotatable bonds is 3. The van der Waals surface area contributed by atoms with Crippen LogP contribution in [0.4, 0.5) is 0 Å². The van der Waals surface area contributed by atoms with Gasteiger partial charge in [-0.25, -0.2) is 9.78 Å². The van der Waals surface area contributed by atoms with Crippen LogP contribution in [0.3, 0.4) is 0 Å². The van der Waals surface area contributed by atoms with Gasteiger partial charge in [-0.05, 0) is 24.3 Å². The Morgan fingerprint density at radius 3 is 2.78 bits per heavy atom. The van der Waals surface area contributed by atoms with Crippen LogP contribution in [0.15, 0.2) is 36.4 Å². The number of hydrogen-bond donors (Lipinski definition) is 1. The molecule has 1 N–H and O–H groups in total. The maximum absolute atomic E-state index is 10.9. The first-order valence-electron chi connectivity index (χ1n) is 5.15. The summed E-state index contributed by atoms with van der Waals surface area (Å²) in [7, 11) is 1.56. The van der Waals surface area contributed by atoms with E-state index in [9.17, 15) is 4.79 Å². The Morgan fingerprint density at radius 2 is 2.11 bits per heavy atom. The molecule has 2 aromatic rings. The molecule has 92 valence electrons. The average Bonchev–Trinajstić information content (AvgIpc) is 2.38. The Bertz CT molecular complexity index is 599. The van der Waals surface area contributed by atoms with E-state index in [1.54, 1.807) is 31.4 Å². The minimum absolute atomic E-state index is 0.0830. The Labute approximate surface area is 109 Å². The maximum atomic E-state index is 10.9. The number of methoxy groups -OCH3 is 1. The molecule has 18 heavy (non-hydrogen) atoms. The smallest absolute Gasteiger partial charge is 0.354 e. The van der Waals surface area contributed by atoms with Gasteiger partial charge in [-0.15, -0.1) is 0 Å². The number of halogens is 1. The SMILES string of the molecule is COc1cccc(-c2cc(Cl)cc(C(=O)O)n2)c1. The van der Waals surface area contributed by atoms with Gasteiger partial charge in [-0.2, -0.15) is 0 Å². The number of carboxylic acid groups (broad SMARTS) is 1. The van der Waals surface area contributed by atoms with Crippen molar-refractivity contribution in [2.45, 2.75) is 0 Å². The Kier molecular flexibility index (Phi) is 3.48. The number of carboxylic acids is 1. The summed E-state index contributed by atoms with van der Waals surface area (Å²) in [4.78, 5) is 15.0. The summed E-state index contributed by atoms with van der Waals surface area (Å²) >= 11 is 5.88. The highest BCUT2D eigenvalue weighted by Gasteiger charge is 2.09. The van der Waals surface area contributed by atoms with Gasteiger partial charge in [0, 0.05) is 10.6 Å². The lowest BCUT2D eigenvalue weighted by Gasteiger charge is -2.05. The number of aromatic nitrogens is 1. The lowest BCUT2D eigenvalue weighted by Crippen LogP contribution is -2.01. The highest BCUT2D eigenvalue weighted by atomic mass is 35.5. The third kappa shape index (κ3) is 2.60. The molecule has 0 bridgehead atoms. The topological polar surface area (TPSA) is 59.4 Å². The molecule has 0 spiro atoms. The van der Waals surface area contributed by atoms with E-state index in [0.29, 0.717) is 16.5 Å². The minimum atomic E-state index is -1.11. The van der Waals surface area contributed by atoms with Crippen molar-refractivity contribution in [2.24, 2.45) is 0 Å². The summed E-state index contributed by atoms with van der Waals surface area (Å²) in [6, 6.07) is 10.1. The van der Waals surface area contributed by atoms with Crippen molar-refractivity contribution >= 4 is 17.6 Å². The van der Waals surface area contributed by atoms with Crippen LogP contribution in [0, 0.1) is 0 Å². The number of aromatic carboxylic acids is 1. The number of hydrogen-bond acceptors (Lipinski definition) is 3. The van der Waals surface area contributed by atoms with Crippen molar-refractivity contribution in [1.29, 1.82) is 0 Å². The Hall–Kier alpha value is -2.07. The monoisotopic (exact) mass is 263 g/mol. The van der Waals surface area contributed by atoms with Gasteiger partial charge in [-0.1, -0.05) is 23.7 Å². The van der Waals surface area contributed by atoms with Crippen molar-refractivity contribution in [3.63, 3.8) is 0 Å². The van der Waals surface area contributed by atoms with Crippen molar-refractivity contribution in [3.05, 3.63) is 47.1 Å². The highest BCUT2D eigenvalue weighted by molar-refractivity contribution is 6.31. The fraction of sp³-hybridized carbons (Fsp3) is 0.0769. The second kappa shape index (κ2) is 5.06. The first-order valence-corrected chi connectivity index (χ1v) is 5.53. The van der Waals surface area contributed by atoms with E-state index < -0.39 is 5.97 Å². The molecule has 0 saturated carbocycles. The lowest BCUT2D eigenvalue weighted by molar-refractivity contribution is 0.0690. The minimum Gasteiger partial charge on any atom is -0.497 e. The molecular formula is C13H10ClNO3. The van der Waals surface area contributed by atoms with Crippen molar-refractivity contribution in [1.82, 2.24) is 4.98 Å². The van der Waals surface area contributed by atoms with Gasteiger partial charge in [0.25, 0.3) is 0 Å². The lowest BCUT2D eigenvalue weighted by atomic mass is 10.1. The quantitative estimate of drug-likeness (QED) is 0.924. The average molecular weight is 264 g/mol. The number of nitrogens with zero attached hydrogens (tertiary/aromatic N) is 1. The zero-order chi connectivity index (χ0) is 13.1. The number of ether oxygens (including phenoxy) is 1. The molecule has 0 radical (unpaired) electrons. The normalized spacial score (nSPS) is 10.1. The number of carbonyl (C=O) groups is 1. The predicted molar refractivity (Wildman–Crippen MR) is 68.2 cm³/mol. The first-order chi connectivity index (χ1) is 8.60. The molecule has 0 amide bonds. The van der Waals surface area contributed by atoms with Gasteiger partial charge in [0.1, 0.15) is 11.4 Å². The van der Waals surface area contributed by atoms with Gasteiger partial charge in [0.05, 0.1) is 12.8 Å². The molecule has 0 fully saturated rings. The zero-order valence-electron chi connectivity index (χ0n) is 9.55. The number of benzene rings is 1. The van der Waals surface area contributed by atoms with Crippen LogP contribution in [0.25, 0.3) is 11.3 Å². The Balaban J connectivity index is 2.52. The summed E-state index contributed by atoms with van der Waals surface area (Å²) < 4.78 is 5.11. The van der Waals surface area contributed by atoms with Crippen LogP contribution in [-0.2, 0) is 0 Å². The third-order valence-corrected chi connectivity index (χ3v) is 2.59. The van der Waals surface area contributed by atoms with Gasteiger partial charge in [-0.3, -0.25) is 0 Å². The van der Waals surface area contributed by atoms with E-state index in [2.05, 4.69) is 4.98 Å². The van der Waals surface area contributed by atoms with Crippen LogP contribution in [0.5, 0.6) is 5.75 Å². The van der Waals surface area contributed by atoms with Crippen molar-refractivity contribution in [2.75, 3.05) is 7.11 Å². The molecule has 4 nitrogen and oxygen atoms in total. The molecule has 0 atom stereocenters. The predicted octanol–water partition coefficient (Wildman–Crippen LogP) is 3.11. The summed E-state index contributed by atoms with van der Waals surface area (Å²) in [5.41, 5.74) is 1.17. The van der Waals surface area contributed by atoms with Gasteiger partial charge < -0.3 is 9.84 Å². The molecule has 2 rings (SSSR count). The summed E-state index contributed by atoms with van der Waals surface area (Å²) in [5, 5.41) is 9.27. The summed E-state index contributed by atoms with van der Waals surface area (Å²) in [6.07, 6.45) is 0. The molecule has 0 aliphatic rings. The van der Waals surface area contributed by atoms with Crippen molar-refractivity contribution in [3.8, 4) is 17.0 Å². The van der Waals surface area contributed by atoms with Gasteiger partial charge >= 0.3 is 5.97 Å². The molecule has 1 heterocycles. The molecule has 0 saturated heterocycles. The second-order valence-corrected chi connectivity index (χ2v) is 4.03. The van der Waals surface area contributed by atoms with E-state index in [1.165, 1.54) is 6.07 Å². The zero-order valence-corrected chi connectivity index (χ0v) is 10.3. The van der Waals surface area contributed by atoms with E-state index in [-0.39, 0.29) is 5.69 Å². The highest BCUT2D eigenvalue weighted by Crippen LogP contribution is 2.25. The summed E-state index contributed by atoms with van der Waals surface area (Å²) in [5.74, 6) is -0.437. The number of pyridine rings is 1. The van der Waals surface area contributed by atoms with E-state index in [4.69, 9.17) is 21.4 Å². The van der Waals surface area contributed by atoms with Crippen LogP contribution in [0.1, 0.15) is 10.5 Å². The largest absolute Gasteiger partial charge is 0.497 e. The molecular weight excluding hydrogens is 254 g/mol. The van der Waals surface area contributed by atoms with Crippen LogP contribution in [0.2, 0.25) is 5.02 Å². The molecule has 0 aliphatic heterocycles. The second-order valence-electron chi connectivity index (χ2n) is 3.59. The molecule has 0 unspecified atom stereocenters. The van der Waals surface area contributed by atoms with E-state index >= 15 is 0 Å². The molecule has 1 aromatic carbocycles. The van der Waals surface area contributed by atoms with Crippen molar-refractivity contribution < 1.29 is 14.6 Å². The standard InChI is InChI=1S/C13H10ClNO3/c1-18-10-4-2-3-8(5-10)11-6-9(14)7-12(15-11)13(16)17/h2-7H,1H3,(H,16,17). The van der Waals surface area contributed by atoms with Crippen LogP contribution in [-0.4, -0.2) is 23.2 Å². The van der Waals surface area contributed by atoms with Crippen LogP contribution < -0.4 is 4.74 Å². The van der Waals surface area contributed by atoms with E-state index in [1.807, 2.05) is 6.07 Å². The molecule has 1 aromatic heterocycles. The van der Waals surface area contributed by atoms with Crippen LogP contribution >= 0.6 is 11.6 Å². The van der Waals surface area contributed by atoms with Gasteiger partial charge in [0.2, 0.25) is 0 Å². The fourth-order valence-electron chi connectivity index (χ4n) is 1.54. The molecule has 0 aliphatic carbocycles. The van der Waals surface area contributed by atoms with E-state index in [0.717, 1.165) is 5.56 Å². The first kappa shape index (κ1) is 12.4. The summed E-state index contributed by atoms with van der Waals surface area (Å²) in [6.45, 7) is 0. The van der Waals surface area contributed by atoms with Gasteiger partial charge in [0.15, 0.2) is 0 Å².